The fraction of sp³-hybridized carbons (Fsp3) is 0.200. The number of phenols is 2. The Morgan fingerprint density at radius 2 is 1.92 bits per heavy atom. The molecule has 0 aliphatic carbocycles. The third kappa shape index (κ3) is 1.75. The summed E-state index contributed by atoms with van der Waals surface area (Å²) >= 11 is 0. The van der Waals surface area contributed by atoms with Crippen molar-refractivity contribution < 1.29 is 14.9 Å². The second kappa shape index (κ2) is 3.85. The summed E-state index contributed by atoms with van der Waals surface area (Å²) in [5.41, 5.74) is 0.570. The number of methoxy groups -OCH3 is 1. The van der Waals surface area contributed by atoms with E-state index in [0.29, 0.717) is 5.56 Å². The van der Waals surface area contributed by atoms with Gasteiger partial charge in [0.15, 0.2) is 11.5 Å². The molecule has 0 bridgehead atoms. The number of aromatic hydroxyl groups is 2. The van der Waals surface area contributed by atoms with Crippen LogP contribution in [0.3, 0.4) is 0 Å². The summed E-state index contributed by atoms with van der Waals surface area (Å²) in [6.45, 7) is 1.83. The Bertz CT molecular complexity index is 329. The molecule has 0 atom stereocenters. The summed E-state index contributed by atoms with van der Waals surface area (Å²) in [5, 5.41) is 18.9. The van der Waals surface area contributed by atoms with Crippen molar-refractivity contribution >= 4 is 6.08 Å². The molecule has 70 valence electrons. The van der Waals surface area contributed by atoms with E-state index in [-0.39, 0.29) is 17.2 Å². The van der Waals surface area contributed by atoms with Gasteiger partial charge in [-0.05, 0) is 19.1 Å². The van der Waals surface area contributed by atoms with Gasteiger partial charge in [-0.2, -0.15) is 0 Å². The molecular weight excluding hydrogens is 168 g/mol. The summed E-state index contributed by atoms with van der Waals surface area (Å²) < 4.78 is 4.82. The SMILES string of the molecule is C/C=C/c1ccc(OC)c(O)c1O. The van der Waals surface area contributed by atoms with Crippen LogP contribution in [0.4, 0.5) is 0 Å². The maximum atomic E-state index is 9.46. The van der Waals surface area contributed by atoms with Gasteiger partial charge in [-0.15, -0.1) is 0 Å². The average Bonchev–Trinajstić information content (AvgIpc) is 2.14. The van der Waals surface area contributed by atoms with E-state index in [0.717, 1.165) is 0 Å². The van der Waals surface area contributed by atoms with Crippen molar-refractivity contribution in [2.75, 3.05) is 7.11 Å². The smallest absolute Gasteiger partial charge is 0.201 e. The maximum Gasteiger partial charge on any atom is 0.201 e. The highest BCUT2D eigenvalue weighted by Crippen LogP contribution is 2.38. The van der Waals surface area contributed by atoms with Crippen LogP contribution in [-0.2, 0) is 0 Å². The largest absolute Gasteiger partial charge is 0.504 e. The van der Waals surface area contributed by atoms with Crippen LogP contribution in [-0.4, -0.2) is 17.3 Å². The molecule has 0 amide bonds. The van der Waals surface area contributed by atoms with Crippen LogP contribution >= 0.6 is 0 Å². The van der Waals surface area contributed by atoms with Gasteiger partial charge in [0.05, 0.1) is 7.11 Å². The normalized spacial score (nSPS) is 10.6. The predicted molar refractivity (Wildman–Crippen MR) is 51.0 cm³/mol. The highest BCUT2D eigenvalue weighted by atomic mass is 16.5. The van der Waals surface area contributed by atoms with Crippen molar-refractivity contribution in [2.24, 2.45) is 0 Å². The lowest BCUT2D eigenvalue weighted by molar-refractivity contribution is 0.350. The Morgan fingerprint density at radius 3 is 2.46 bits per heavy atom. The van der Waals surface area contributed by atoms with Gasteiger partial charge in [0.2, 0.25) is 5.75 Å². The quantitative estimate of drug-likeness (QED) is 0.685. The second-order valence-corrected chi connectivity index (χ2v) is 2.55. The monoisotopic (exact) mass is 180 g/mol. The van der Waals surface area contributed by atoms with Gasteiger partial charge in [0.25, 0.3) is 0 Å². The van der Waals surface area contributed by atoms with E-state index in [2.05, 4.69) is 0 Å². The number of phenolic OH excluding ortho intramolecular Hbond substituents is 2. The minimum atomic E-state index is -0.224. The van der Waals surface area contributed by atoms with Crippen molar-refractivity contribution in [3.05, 3.63) is 23.8 Å². The lowest BCUT2D eigenvalue weighted by Gasteiger charge is -2.06. The molecule has 0 heterocycles. The van der Waals surface area contributed by atoms with Gasteiger partial charge in [0, 0.05) is 5.56 Å². The summed E-state index contributed by atoms with van der Waals surface area (Å²) in [6, 6.07) is 3.28. The van der Waals surface area contributed by atoms with Crippen LogP contribution in [0.15, 0.2) is 18.2 Å². The summed E-state index contributed by atoms with van der Waals surface area (Å²) in [5.74, 6) is -0.110. The van der Waals surface area contributed by atoms with E-state index >= 15 is 0 Å². The third-order valence-corrected chi connectivity index (χ3v) is 1.71. The van der Waals surface area contributed by atoms with Crippen LogP contribution in [0.2, 0.25) is 0 Å². The lowest BCUT2D eigenvalue weighted by atomic mass is 10.1. The van der Waals surface area contributed by atoms with E-state index in [1.807, 2.05) is 6.92 Å². The first kappa shape index (κ1) is 9.45. The highest BCUT2D eigenvalue weighted by molar-refractivity contribution is 5.65. The molecule has 0 radical (unpaired) electrons. The summed E-state index contributed by atoms with van der Waals surface area (Å²) in [6.07, 6.45) is 3.48. The number of benzene rings is 1. The Morgan fingerprint density at radius 1 is 1.23 bits per heavy atom. The minimum Gasteiger partial charge on any atom is -0.504 e. The fourth-order valence-corrected chi connectivity index (χ4v) is 1.06. The first-order valence-electron chi connectivity index (χ1n) is 3.92. The Labute approximate surface area is 76.9 Å². The molecule has 0 saturated carbocycles. The number of rotatable bonds is 2. The Hall–Kier alpha value is -1.64. The Kier molecular flexibility index (Phi) is 2.80. The van der Waals surface area contributed by atoms with Gasteiger partial charge >= 0.3 is 0 Å². The van der Waals surface area contributed by atoms with Gasteiger partial charge in [-0.3, -0.25) is 0 Å². The molecule has 0 aliphatic heterocycles. The molecule has 1 aromatic rings. The molecular formula is C10H12O3. The molecule has 2 N–H and O–H groups in total. The number of hydrogen-bond donors (Lipinski definition) is 2. The first-order valence-corrected chi connectivity index (χ1v) is 3.92. The summed E-state index contributed by atoms with van der Waals surface area (Å²) in [7, 11) is 1.43. The molecule has 13 heavy (non-hydrogen) atoms. The minimum absolute atomic E-state index is 0.155. The van der Waals surface area contributed by atoms with Crippen LogP contribution in [0, 0.1) is 0 Å². The molecule has 3 heteroatoms. The van der Waals surface area contributed by atoms with E-state index < -0.39 is 0 Å². The molecule has 0 saturated heterocycles. The van der Waals surface area contributed by atoms with Crippen LogP contribution in [0.25, 0.3) is 6.08 Å². The van der Waals surface area contributed by atoms with Crippen LogP contribution in [0.5, 0.6) is 17.2 Å². The Balaban J connectivity index is 3.22. The van der Waals surface area contributed by atoms with Crippen LogP contribution in [0.1, 0.15) is 12.5 Å². The molecule has 3 nitrogen and oxygen atoms in total. The van der Waals surface area contributed by atoms with Crippen molar-refractivity contribution in [1.29, 1.82) is 0 Å². The zero-order valence-electron chi connectivity index (χ0n) is 7.61. The zero-order valence-corrected chi connectivity index (χ0v) is 7.61. The van der Waals surface area contributed by atoms with Gasteiger partial charge in [-0.25, -0.2) is 0 Å². The van der Waals surface area contributed by atoms with Crippen LogP contribution < -0.4 is 4.74 Å². The highest BCUT2D eigenvalue weighted by Gasteiger charge is 2.09. The van der Waals surface area contributed by atoms with Gasteiger partial charge < -0.3 is 14.9 Å². The van der Waals surface area contributed by atoms with E-state index in [4.69, 9.17) is 4.74 Å². The fourth-order valence-electron chi connectivity index (χ4n) is 1.06. The second-order valence-electron chi connectivity index (χ2n) is 2.55. The molecule has 0 fully saturated rings. The molecule has 0 aliphatic rings. The van der Waals surface area contributed by atoms with Gasteiger partial charge in [-0.1, -0.05) is 12.2 Å². The maximum absolute atomic E-state index is 9.46. The van der Waals surface area contributed by atoms with E-state index in [1.54, 1.807) is 24.3 Å². The van der Waals surface area contributed by atoms with Crippen molar-refractivity contribution in [1.82, 2.24) is 0 Å². The molecule has 0 unspecified atom stereocenters. The summed E-state index contributed by atoms with van der Waals surface area (Å²) in [4.78, 5) is 0. The van der Waals surface area contributed by atoms with Crippen molar-refractivity contribution in [3.63, 3.8) is 0 Å². The molecule has 0 spiro atoms. The van der Waals surface area contributed by atoms with Crippen molar-refractivity contribution in [2.45, 2.75) is 6.92 Å². The molecule has 1 rings (SSSR count). The van der Waals surface area contributed by atoms with Gasteiger partial charge in [0.1, 0.15) is 0 Å². The van der Waals surface area contributed by atoms with E-state index in [1.165, 1.54) is 7.11 Å². The lowest BCUT2D eigenvalue weighted by Crippen LogP contribution is -1.85. The first-order chi connectivity index (χ1) is 6.20. The molecule has 1 aromatic carbocycles. The third-order valence-electron chi connectivity index (χ3n) is 1.71. The number of hydrogen-bond acceptors (Lipinski definition) is 3. The van der Waals surface area contributed by atoms with E-state index in [9.17, 15) is 10.2 Å². The topological polar surface area (TPSA) is 49.7 Å². The van der Waals surface area contributed by atoms with Crippen molar-refractivity contribution in [3.8, 4) is 17.2 Å². The zero-order chi connectivity index (χ0) is 9.84. The average molecular weight is 180 g/mol. The predicted octanol–water partition coefficient (Wildman–Crippen LogP) is 2.14. The standard InChI is InChI=1S/C10H12O3/c1-3-4-7-5-6-8(13-2)10(12)9(7)11/h3-6,11-12H,1-2H3/b4-3+. The molecule has 0 aromatic heterocycles. The number of allylic oxidation sites excluding steroid dienone is 1. The number of ether oxygens (including phenoxy) is 1.